The maximum absolute atomic E-state index is 13.2. The third kappa shape index (κ3) is 6.55. The number of sulfonamides is 1. The van der Waals surface area contributed by atoms with E-state index in [4.69, 9.17) is 21.7 Å². The number of morpholine rings is 2. The van der Waals surface area contributed by atoms with Gasteiger partial charge in [0.15, 0.2) is 5.11 Å². The smallest absolute Gasteiger partial charge is 0.243 e. The van der Waals surface area contributed by atoms with Gasteiger partial charge in [0.2, 0.25) is 10.0 Å². The number of thiocarbonyl (C=S) groups is 1. The molecule has 0 unspecified atom stereocenters. The minimum Gasteiger partial charge on any atom is -0.379 e. The summed E-state index contributed by atoms with van der Waals surface area (Å²) >= 11 is 5.57. The first-order valence-electron chi connectivity index (χ1n) is 11.9. The van der Waals surface area contributed by atoms with Gasteiger partial charge in [-0.05, 0) is 49.7 Å². The van der Waals surface area contributed by atoms with Crippen LogP contribution in [0.1, 0.15) is 19.3 Å². The zero-order valence-corrected chi connectivity index (χ0v) is 20.8. The number of hydrogen-bond donors (Lipinski definition) is 2. The number of hydrogen-bond acceptors (Lipinski definition) is 7. The molecule has 0 aromatic heterocycles. The van der Waals surface area contributed by atoms with Gasteiger partial charge in [0.25, 0.3) is 0 Å². The molecule has 9 nitrogen and oxygen atoms in total. The van der Waals surface area contributed by atoms with Crippen LogP contribution in [0, 0.1) is 0 Å². The first-order valence-corrected chi connectivity index (χ1v) is 13.7. The molecule has 184 valence electrons. The molecule has 0 atom stereocenters. The molecule has 0 radical (unpaired) electrons. The fraction of sp³-hybridized carbons (Fsp3) is 0.682. The molecule has 2 N–H and O–H groups in total. The minimum absolute atomic E-state index is 0.281. The van der Waals surface area contributed by atoms with Crippen LogP contribution < -0.4 is 15.5 Å². The molecule has 0 aliphatic carbocycles. The Morgan fingerprint density at radius 1 is 0.939 bits per heavy atom. The van der Waals surface area contributed by atoms with Gasteiger partial charge in [-0.25, -0.2) is 8.42 Å². The summed E-state index contributed by atoms with van der Waals surface area (Å²) in [6, 6.07) is 5.36. The van der Waals surface area contributed by atoms with Crippen molar-refractivity contribution in [2.75, 3.05) is 89.0 Å². The topological polar surface area (TPSA) is 86.4 Å². The molecule has 1 aromatic rings. The predicted molar refractivity (Wildman–Crippen MR) is 134 cm³/mol. The number of piperidine rings is 1. The number of nitrogens with zero attached hydrogens (tertiary/aromatic N) is 3. The van der Waals surface area contributed by atoms with Crippen LogP contribution in [-0.4, -0.2) is 102 Å². The molecule has 3 aliphatic heterocycles. The third-order valence-electron chi connectivity index (χ3n) is 6.34. The SMILES string of the molecule is O=S(=O)(c1ccc(N2CCCCC2)c(NC(=S)NCCN2CCOCC2)c1)N1CCOCC1. The maximum Gasteiger partial charge on any atom is 0.243 e. The standard InChI is InChI=1S/C22H35N5O4S2/c28-33(29,27-12-16-31-17-13-27)19-4-5-21(26-7-2-1-3-8-26)20(18-19)24-22(32)23-6-9-25-10-14-30-15-11-25/h4-5,18H,1-3,6-17H2,(H2,23,24,32). The molecule has 4 rings (SSSR count). The van der Waals surface area contributed by atoms with E-state index in [1.807, 2.05) is 6.07 Å². The van der Waals surface area contributed by atoms with Crippen molar-refractivity contribution < 1.29 is 17.9 Å². The van der Waals surface area contributed by atoms with E-state index < -0.39 is 10.0 Å². The van der Waals surface area contributed by atoms with E-state index in [0.717, 1.165) is 76.7 Å². The molecule has 1 aromatic carbocycles. The van der Waals surface area contributed by atoms with Crippen molar-refractivity contribution in [2.24, 2.45) is 0 Å². The molecule has 3 heterocycles. The summed E-state index contributed by atoms with van der Waals surface area (Å²) in [5.41, 5.74) is 1.73. The van der Waals surface area contributed by atoms with Gasteiger partial charge < -0.3 is 25.0 Å². The molecule has 11 heteroatoms. The van der Waals surface area contributed by atoms with Gasteiger partial charge >= 0.3 is 0 Å². The van der Waals surface area contributed by atoms with Crippen LogP contribution in [0.4, 0.5) is 11.4 Å². The van der Waals surface area contributed by atoms with Crippen molar-refractivity contribution in [1.82, 2.24) is 14.5 Å². The Kier molecular flexibility index (Phi) is 8.78. The number of rotatable bonds is 7. The van der Waals surface area contributed by atoms with Gasteiger partial charge in [-0.2, -0.15) is 4.31 Å². The first-order chi connectivity index (χ1) is 16.0. The highest BCUT2D eigenvalue weighted by molar-refractivity contribution is 7.89. The lowest BCUT2D eigenvalue weighted by molar-refractivity contribution is 0.0389. The van der Waals surface area contributed by atoms with Gasteiger partial charge in [-0.15, -0.1) is 0 Å². The van der Waals surface area contributed by atoms with Crippen molar-refractivity contribution >= 4 is 38.7 Å². The number of anilines is 2. The summed E-state index contributed by atoms with van der Waals surface area (Å²) < 4.78 is 38.7. The Hall–Kier alpha value is -1.50. The number of nitrogens with one attached hydrogen (secondary N) is 2. The summed E-state index contributed by atoms with van der Waals surface area (Å²) in [6.45, 7) is 8.53. The van der Waals surface area contributed by atoms with Crippen LogP contribution in [0.2, 0.25) is 0 Å². The molecule has 0 spiro atoms. The predicted octanol–water partition coefficient (Wildman–Crippen LogP) is 1.32. The monoisotopic (exact) mass is 497 g/mol. The van der Waals surface area contributed by atoms with Gasteiger partial charge in [-0.1, -0.05) is 0 Å². The highest BCUT2D eigenvalue weighted by atomic mass is 32.2. The lowest BCUT2D eigenvalue weighted by atomic mass is 10.1. The van der Waals surface area contributed by atoms with E-state index in [-0.39, 0.29) is 4.90 Å². The van der Waals surface area contributed by atoms with Crippen LogP contribution in [0.25, 0.3) is 0 Å². The van der Waals surface area contributed by atoms with Gasteiger partial charge in [0.1, 0.15) is 0 Å². The second-order valence-corrected chi connectivity index (χ2v) is 10.9. The Bertz CT molecular complexity index is 896. The largest absolute Gasteiger partial charge is 0.379 e. The fourth-order valence-electron chi connectivity index (χ4n) is 4.44. The summed E-state index contributed by atoms with van der Waals surface area (Å²) in [7, 11) is -3.59. The summed E-state index contributed by atoms with van der Waals surface area (Å²) in [6.07, 6.45) is 3.50. The van der Waals surface area contributed by atoms with Crippen molar-refractivity contribution in [3.05, 3.63) is 18.2 Å². The average Bonchev–Trinajstić information content (AvgIpc) is 2.86. The number of benzene rings is 1. The number of ether oxygens (including phenoxy) is 2. The second-order valence-electron chi connectivity index (χ2n) is 8.58. The van der Waals surface area contributed by atoms with E-state index in [1.165, 1.54) is 10.7 Å². The van der Waals surface area contributed by atoms with Crippen LogP contribution >= 0.6 is 12.2 Å². The molecular formula is C22H35N5O4S2. The van der Waals surface area contributed by atoms with Crippen LogP contribution in [0.15, 0.2) is 23.1 Å². The van der Waals surface area contributed by atoms with Gasteiger partial charge in [-0.3, -0.25) is 4.90 Å². The van der Waals surface area contributed by atoms with Crippen LogP contribution in [0.5, 0.6) is 0 Å². The zero-order chi connectivity index (χ0) is 23.1. The molecule has 3 fully saturated rings. The Balaban J connectivity index is 1.47. The van der Waals surface area contributed by atoms with Crippen LogP contribution in [0.3, 0.4) is 0 Å². The normalized spacial score (nSPS) is 21.0. The van der Waals surface area contributed by atoms with Crippen LogP contribution in [-0.2, 0) is 19.5 Å². The molecule has 0 amide bonds. The summed E-state index contributed by atoms with van der Waals surface area (Å²) in [5, 5.41) is 7.06. The van der Waals surface area contributed by atoms with Crippen molar-refractivity contribution in [1.29, 1.82) is 0 Å². The van der Waals surface area contributed by atoms with E-state index in [9.17, 15) is 8.42 Å². The fourth-order valence-corrected chi connectivity index (χ4v) is 6.09. The van der Waals surface area contributed by atoms with Gasteiger partial charge in [0, 0.05) is 52.4 Å². The highest BCUT2D eigenvalue weighted by Crippen LogP contribution is 2.32. The average molecular weight is 498 g/mol. The zero-order valence-electron chi connectivity index (χ0n) is 19.1. The quantitative estimate of drug-likeness (QED) is 0.542. The van der Waals surface area contributed by atoms with Gasteiger partial charge in [0.05, 0.1) is 42.7 Å². The van der Waals surface area contributed by atoms with Crippen molar-refractivity contribution in [3.63, 3.8) is 0 Å². The van der Waals surface area contributed by atoms with E-state index >= 15 is 0 Å². The van der Waals surface area contributed by atoms with Crippen molar-refractivity contribution in [3.8, 4) is 0 Å². The molecular weight excluding hydrogens is 462 g/mol. The molecule has 3 saturated heterocycles. The Labute approximate surface area is 202 Å². The molecule has 0 saturated carbocycles. The van der Waals surface area contributed by atoms with E-state index in [0.29, 0.717) is 31.4 Å². The van der Waals surface area contributed by atoms with Crippen molar-refractivity contribution in [2.45, 2.75) is 24.2 Å². The lowest BCUT2D eigenvalue weighted by Crippen LogP contribution is -2.42. The molecule has 33 heavy (non-hydrogen) atoms. The second kappa shape index (κ2) is 11.8. The van der Waals surface area contributed by atoms with E-state index in [1.54, 1.807) is 12.1 Å². The summed E-state index contributed by atoms with van der Waals surface area (Å²) in [5.74, 6) is 0. The Morgan fingerprint density at radius 3 is 2.30 bits per heavy atom. The summed E-state index contributed by atoms with van der Waals surface area (Å²) in [4.78, 5) is 4.94. The molecule has 3 aliphatic rings. The highest BCUT2D eigenvalue weighted by Gasteiger charge is 2.28. The third-order valence-corrected chi connectivity index (χ3v) is 8.48. The minimum atomic E-state index is -3.59. The van der Waals surface area contributed by atoms with E-state index in [2.05, 4.69) is 20.4 Å². The lowest BCUT2D eigenvalue weighted by Gasteiger charge is -2.32. The first kappa shape index (κ1) is 24.6. The maximum atomic E-state index is 13.2. The Morgan fingerprint density at radius 2 is 1.61 bits per heavy atom. The molecule has 0 bridgehead atoms.